The zero-order valence-corrected chi connectivity index (χ0v) is 13.2. The summed E-state index contributed by atoms with van der Waals surface area (Å²) in [5, 5.41) is 15.1. The fourth-order valence-electron chi connectivity index (χ4n) is 2.74. The van der Waals surface area contributed by atoms with Crippen LogP contribution in [0.25, 0.3) is 26.6 Å². The molecule has 6 nitrogen and oxygen atoms in total. The molecule has 0 spiro atoms. The second kappa shape index (κ2) is 4.73. The minimum atomic E-state index is 0.518. The number of pyridine rings is 1. The predicted octanol–water partition coefficient (Wildman–Crippen LogP) is 3.29. The minimum absolute atomic E-state index is 0.518. The summed E-state index contributed by atoms with van der Waals surface area (Å²) in [6.45, 7) is 0. The fraction of sp³-hybridized carbons (Fsp3) is 0.250. The molecule has 3 heterocycles. The molecule has 0 radical (unpaired) electrons. The van der Waals surface area contributed by atoms with Crippen LogP contribution in [0.4, 0.5) is 0 Å². The molecule has 1 aliphatic carbocycles. The summed E-state index contributed by atoms with van der Waals surface area (Å²) in [5.41, 5.74) is 1.68. The number of nitrogens with zero attached hydrogens (tertiary/aromatic N) is 5. The Labute approximate surface area is 135 Å². The van der Waals surface area contributed by atoms with Crippen molar-refractivity contribution in [3.8, 4) is 16.5 Å². The van der Waals surface area contributed by atoms with Gasteiger partial charge >= 0.3 is 0 Å². The van der Waals surface area contributed by atoms with Crippen molar-refractivity contribution in [1.82, 2.24) is 24.8 Å². The van der Waals surface area contributed by atoms with E-state index in [1.807, 2.05) is 34.8 Å². The molecule has 23 heavy (non-hydrogen) atoms. The van der Waals surface area contributed by atoms with Gasteiger partial charge in [0.2, 0.25) is 4.96 Å². The molecule has 0 amide bonds. The van der Waals surface area contributed by atoms with E-state index in [-0.39, 0.29) is 0 Å². The van der Waals surface area contributed by atoms with Gasteiger partial charge in [0.05, 0.1) is 7.11 Å². The number of aromatic nitrogens is 5. The Morgan fingerprint density at radius 2 is 2.09 bits per heavy atom. The number of fused-ring (bicyclic) bond motifs is 2. The molecular weight excluding hydrogens is 310 g/mol. The first-order valence-corrected chi connectivity index (χ1v) is 8.31. The van der Waals surface area contributed by atoms with Crippen molar-refractivity contribution in [2.45, 2.75) is 18.8 Å². The highest BCUT2D eigenvalue weighted by atomic mass is 32.1. The second-order valence-electron chi connectivity index (χ2n) is 5.66. The van der Waals surface area contributed by atoms with E-state index in [2.05, 4.69) is 15.3 Å². The number of hydrogen-bond acceptors (Lipinski definition) is 6. The predicted molar refractivity (Wildman–Crippen MR) is 87.9 cm³/mol. The monoisotopic (exact) mass is 323 g/mol. The summed E-state index contributed by atoms with van der Waals surface area (Å²) in [6.07, 6.45) is 2.36. The van der Waals surface area contributed by atoms with Crippen molar-refractivity contribution >= 4 is 27.2 Å². The number of methoxy groups -OCH3 is 1. The van der Waals surface area contributed by atoms with Crippen molar-refractivity contribution in [3.05, 3.63) is 36.2 Å². The third-order valence-electron chi connectivity index (χ3n) is 4.08. The van der Waals surface area contributed by atoms with Crippen LogP contribution < -0.4 is 4.74 Å². The van der Waals surface area contributed by atoms with Gasteiger partial charge in [0.1, 0.15) is 17.0 Å². The SMILES string of the molecule is COc1cccc2ccc(-c3nn4c(C5CC5)nnc4s3)nc12. The van der Waals surface area contributed by atoms with Gasteiger partial charge in [0.15, 0.2) is 10.8 Å². The lowest BCUT2D eigenvalue weighted by molar-refractivity contribution is 0.419. The van der Waals surface area contributed by atoms with Gasteiger partial charge < -0.3 is 4.74 Å². The Bertz CT molecular complexity index is 1030. The quantitative estimate of drug-likeness (QED) is 0.579. The molecule has 7 heteroatoms. The molecular formula is C16H13N5OS. The van der Waals surface area contributed by atoms with E-state index in [0.717, 1.165) is 38.1 Å². The summed E-state index contributed by atoms with van der Waals surface area (Å²) >= 11 is 1.51. The lowest BCUT2D eigenvalue weighted by Gasteiger charge is -2.05. The van der Waals surface area contributed by atoms with Crippen LogP contribution in [0.5, 0.6) is 5.75 Å². The maximum atomic E-state index is 5.41. The van der Waals surface area contributed by atoms with Gasteiger partial charge in [-0.05, 0) is 25.0 Å². The molecule has 0 saturated heterocycles. The van der Waals surface area contributed by atoms with Crippen LogP contribution in [0.1, 0.15) is 24.6 Å². The lowest BCUT2D eigenvalue weighted by Crippen LogP contribution is -1.94. The molecule has 0 atom stereocenters. The van der Waals surface area contributed by atoms with Gasteiger partial charge in [-0.25, -0.2) is 4.98 Å². The molecule has 5 rings (SSSR count). The van der Waals surface area contributed by atoms with Crippen LogP contribution >= 0.6 is 11.3 Å². The molecule has 3 aromatic heterocycles. The number of hydrogen-bond donors (Lipinski definition) is 0. The molecule has 0 aliphatic heterocycles. The van der Waals surface area contributed by atoms with E-state index >= 15 is 0 Å². The van der Waals surface area contributed by atoms with Crippen LogP contribution in [0, 0.1) is 0 Å². The molecule has 1 saturated carbocycles. The standard InChI is InChI=1S/C16H13N5OS/c1-22-12-4-2-3-9-7-8-11(17-13(9)12)15-20-21-14(10-5-6-10)18-19-16(21)23-15/h2-4,7-8,10H,5-6H2,1H3. The molecule has 0 bridgehead atoms. The third kappa shape index (κ3) is 2.00. The summed E-state index contributed by atoms with van der Waals surface area (Å²) in [4.78, 5) is 5.57. The Balaban J connectivity index is 1.67. The summed E-state index contributed by atoms with van der Waals surface area (Å²) in [5.74, 6) is 2.26. The van der Waals surface area contributed by atoms with Crippen LogP contribution in [-0.4, -0.2) is 31.9 Å². The largest absolute Gasteiger partial charge is 0.494 e. The van der Waals surface area contributed by atoms with Crippen LogP contribution in [-0.2, 0) is 0 Å². The summed E-state index contributed by atoms with van der Waals surface area (Å²) in [7, 11) is 1.66. The van der Waals surface area contributed by atoms with E-state index in [4.69, 9.17) is 9.72 Å². The normalized spacial score (nSPS) is 14.7. The van der Waals surface area contributed by atoms with Crippen LogP contribution in [0.15, 0.2) is 30.3 Å². The van der Waals surface area contributed by atoms with Crippen LogP contribution in [0.3, 0.4) is 0 Å². The van der Waals surface area contributed by atoms with Gasteiger partial charge in [0, 0.05) is 11.3 Å². The zero-order valence-electron chi connectivity index (χ0n) is 12.4. The van der Waals surface area contributed by atoms with E-state index in [1.54, 1.807) is 7.11 Å². The minimum Gasteiger partial charge on any atom is -0.494 e. The van der Waals surface area contributed by atoms with Crippen molar-refractivity contribution in [2.24, 2.45) is 0 Å². The maximum absolute atomic E-state index is 5.41. The van der Waals surface area contributed by atoms with Gasteiger partial charge in [-0.1, -0.05) is 29.5 Å². The average molecular weight is 323 g/mol. The van der Waals surface area contributed by atoms with Crippen molar-refractivity contribution in [2.75, 3.05) is 7.11 Å². The molecule has 0 N–H and O–H groups in total. The third-order valence-corrected chi connectivity index (χ3v) is 5.00. The fourth-order valence-corrected chi connectivity index (χ4v) is 3.55. The highest BCUT2D eigenvalue weighted by Gasteiger charge is 2.30. The Morgan fingerprint density at radius 3 is 2.91 bits per heavy atom. The number of para-hydroxylation sites is 1. The highest BCUT2D eigenvalue weighted by molar-refractivity contribution is 7.19. The maximum Gasteiger partial charge on any atom is 0.235 e. The first kappa shape index (κ1) is 13.0. The van der Waals surface area contributed by atoms with Crippen molar-refractivity contribution < 1.29 is 4.74 Å². The van der Waals surface area contributed by atoms with Crippen molar-refractivity contribution in [3.63, 3.8) is 0 Å². The lowest BCUT2D eigenvalue weighted by atomic mass is 10.2. The van der Waals surface area contributed by atoms with Gasteiger partial charge in [-0.3, -0.25) is 0 Å². The summed E-state index contributed by atoms with van der Waals surface area (Å²) < 4.78 is 7.28. The molecule has 1 fully saturated rings. The Morgan fingerprint density at radius 1 is 1.17 bits per heavy atom. The second-order valence-corrected chi connectivity index (χ2v) is 6.62. The first-order valence-electron chi connectivity index (χ1n) is 7.50. The first-order chi connectivity index (χ1) is 11.3. The highest BCUT2D eigenvalue weighted by Crippen LogP contribution is 2.39. The van der Waals surface area contributed by atoms with E-state index in [1.165, 1.54) is 24.2 Å². The number of ether oxygens (including phenoxy) is 1. The number of rotatable bonds is 3. The zero-order chi connectivity index (χ0) is 15.4. The molecule has 114 valence electrons. The number of benzene rings is 1. The Kier molecular flexibility index (Phi) is 2.66. The average Bonchev–Trinajstić information content (AvgIpc) is 3.21. The molecule has 1 aliphatic rings. The van der Waals surface area contributed by atoms with Crippen molar-refractivity contribution in [1.29, 1.82) is 0 Å². The smallest absolute Gasteiger partial charge is 0.235 e. The topological polar surface area (TPSA) is 65.2 Å². The van der Waals surface area contributed by atoms with E-state index in [9.17, 15) is 0 Å². The van der Waals surface area contributed by atoms with Gasteiger partial charge in [-0.15, -0.1) is 10.2 Å². The van der Waals surface area contributed by atoms with Gasteiger partial charge in [-0.2, -0.15) is 9.61 Å². The van der Waals surface area contributed by atoms with Crippen LogP contribution in [0.2, 0.25) is 0 Å². The van der Waals surface area contributed by atoms with Gasteiger partial charge in [0.25, 0.3) is 0 Å². The van der Waals surface area contributed by atoms with E-state index < -0.39 is 0 Å². The molecule has 0 unspecified atom stereocenters. The molecule has 1 aromatic carbocycles. The summed E-state index contributed by atoms with van der Waals surface area (Å²) in [6, 6.07) is 9.95. The van der Waals surface area contributed by atoms with E-state index in [0.29, 0.717) is 5.92 Å². The molecule has 4 aromatic rings. The Hall–Kier alpha value is -2.54.